The Labute approximate surface area is 138 Å². The van der Waals surface area contributed by atoms with Crippen LogP contribution in [0.4, 0.5) is 0 Å². The van der Waals surface area contributed by atoms with Gasteiger partial charge in [-0.3, -0.25) is 4.79 Å². The van der Waals surface area contributed by atoms with Gasteiger partial charge in [0.1, 0.15) is 0 Å². The predicted octanol–water partition coefficient (Wildman–Crippen LogP) is 3.57. The second-order valence-electron chi connectivity index (χ2n) is 5.06. The van der Waals surface area contributed by atoms with Crippen LogP contribution in [0.25, 0.3) is 21.9 Å². The number of carbonyl (C=O) groups excluding carboxylic acids is 1. The average molecular weight is 324 g/mol. The highest BCUT2D eigenvalue weighted by molar-refractivity contribution is 6.33. The number of rotatable bonds is 2. The summed E-state index contributed by atoms with van der Waals surface area (Å²) in [4.78, 5) is 15.5. The second kappa shape index (κ2) is 6.10. The van der Waals surface area contributed by atoms with Crippen molar-refractivity contribution in [2.45, 2.75) is 0 Å². The molecule has 0 heterocycles. The van der Waals surface area contributed by atoms with E-state index in [4.69, 9.17) is 23.1 Å². The number of halogens is 1. The van der Waals surface area contributed by atoms with E-state index < -0.39 is 5.91 Å². The first-order valence-corrected chi connectivity index (χ1v) is 7.36. The SMILES string of the molecule is NC(N)=NC(=O)c1ccc2c(-c3ccccc3Cl)cccc2c1. The van der Waals surface area contributed by atoms with Gasteiger partial charge in [0.15, 0.2) is 5.96 Å². The van der Waals surface area contributed by atoms with E-state index in [1.54, 1.807) is 12.1 Å². The molecule has 0 aliphatic heterocycles. The van der Waals surface area contributed by atoms with E-state index in [1.165, 1.54) is 0 Å². The van der Waals surface area contributed by atoms with Gasteiger partial charge in [-0.2, -0.15) is 4.99 Å². The summed E-state index contributed by atoms with van der Waals surface area (Å²) in [6.45, 7) is 0. The normalized spacial score (nSPS) is 10.5. The Morgan fingerprint density at radius 1 is 0.913 bits per heavy atom. The molecule has 0 aliphatic rings. The van der Waals surface area contributed by atoms with E-state index in [-0.39, 0.29) is 5.96 Å². The summed E-state index contributed by atoms with van der Waals surface area (Å²) in [6.07, 6.45) is 0. The largest absolute Gasteiger partial charge is 0.370 e. The van der Waals surface area contributed by atoms with Gasteiger partial charge in [0.25, 0.3) is 5.91 Å². The van der Waals surface area contributed by atoms with Crippen LogP contribution in [-0.4, -0.2) is 11.9 Å². The standard InChI is InChI=1S/C18H14ClN3O/c19-16-7-2-1-5-15(16)14-6-3-4-11-10-12(8-9-13(11)14)17(23)22-18(20)21/h1-10H,(H4,20,21,22,23). The van der Waals surface area contributed by atoms with Gasteiger partial charge in [-0.25, -0.2) is 0 Å². The zero-order valence-electron chi connectivity index (χ0n) is 12.2. The Bertz CT molecular complexity index is 930. The van der Waals surface area contributed by atoms with Crippen LogP contribution in [0.2, 0.25) is 5.02 Å². The summed E-state index contributed by atoms with van der Waals surface area (Å²) >= 11 is 6.30. The molecule has 23 heavy (non-hydrogen) atoms. The summed E-state index contributed by atoms with van der Waals surface area (Å²) < 4.78 is 0. The number of amides is 1. The molecular weight excluding hydrogens is 310 g/mol. The van der Waals surface area contributed by atoms with Crippen LogP contribution >= 0.6 is 11.6 Å². The maximum atomic E-state index is 11.9. The fourth-order valence-electron chi connectivity index (χ4n) is 2.51. The number of hydrogen-bond donors (Lipinski definition) is 2. The van der Waals surface area contributed by atoms with E-state index >= 15 is 0 Å². The molecule has 5 heteroatoms. The van der Waals surface area contributed by atoms with Crippen molar-refractivity contribution in [3.8, 4) is 11.1 Å². The summed E-state index contributed by atoms with van der Waals surface area (Å²) in [5.74, 6) is -0.713. The molecule has 0 unspecified atom stereocenters. The lowest BCUT2D eigenvalue weighted by molar-refractivity contribution is 0.100. The number of hydrogen-bond acceptors (Lipinski definition) is 1. The van der Waals surface area contributed by atoms with Crippen molar-refractivity contribution in [1.82, 2.24) is 0 Å². The number of nitrogens with zero attached hydrogens (tertiary/aromatic N) is 1. The van der Waals surface area contributed by atoms with Gasteiger partial charge in [0.2, 0.25) is 0 Å². The monoisotopic (exact) mass is 323 g/mol. The van der Waals surface area contributed by atoms with Crippen LogP contribution in [0.15, 0.2) is 65.7 Å². The van der Waals surface area contributed by atoms with Gasteiger partial charge in [0, 0.05) is 16.1 Å². The Morgan fingerprint density at radius 3 is 2.39 bits per heavy atom. The van der Waals surface area contributed by atoms with Crippen LogP contribution in [0, 0.1) is 0 Å². The van der Waals surface area contributed by atoms with E-state index in [0.717, 1.165) is 21.9 Å². The highest BCUT2D eigenvalue weighted by Crippen LogP contribution is 2.33. The van der Waals surface area contributed by atoms with E-state index in [2.05, 4.69) is 4.99 Å². The molecule has 1 amide bonds. The van der Waals surface area contributed by atoms with Crippen molar-refractivity contribution in [3.05, 3.63) is 71.2 Å². The van der Waals surface area contributed by atoms with Crippen molar-refractivity contribution in [3.63, 3.8) is 0 Å². The Morgan fingerprint density at radius 2 is 1.65 bits per heavy atom. The molecule has 114 valence electrons. The molecule has 4 nitrogen and oxygen atoms in total. The van der Waals surface area contributed by atoms with Gasteiger partial charge < -0.3 is 11.5 Å². The maximum Gasteiger partial charge on any atom is 0.280 e. The van der Waals surface area contributed by atoms with Gasteiger partial charge in [-0.1, -0.05) is 54.1 Å². The van der Waals surface area contributed by atoms with Crippen molar-refractivity contribution in [1.29, 1.82) is 0 Å². The molecule has 0 spiro atoms. The number of nitrogens with two attached hydrogens (primary N) is 2. The van der Waals surface area contributed by atoms with Crippen molar-refractivity contribution >= 4 is 34.2 Å². The first-order valence-electron chi connectivity index (χ1n) is 6.98. The zero-order chi connectivity index (χ0) is 16.4. The smallest absolute Gasteiger partial charge is 0.280 e. The summed E-state index contributed by atoms with van der Waals surface area (Å²) in [6, 6.07) is 18.9. The molecule has 0 radical (unpaired) electrons. The number of carbonyl (C=O) groups is 1. The van der Waals surface area contributed by atoms with Crippen LogP contribution in [-0.2, 0) is 0 Å². The van der Waals surface area contributed by atoms with Gasteiger partial charge in [0.05, 0.1) is 0 Å². The number of guanidine groups is 1. The molecule has 3 aromatic rings. The third kappa shape index (κ3) is 3.03. The highest BCUT2D eigenvalue weighted by atomic mass is 35.5. The minimum atomic E-state index is -0.463. The van der Waals surface area contributed by atoms with Crippen LogP contribution in [0.5, 0.6) is 0 Å². The lowest BCUT2D eigenvalue weighted by Gasteiger charge is -2.09. The first-order chi connectivity index (χ1) is 11.1. The molecule has 0 bridgehead atoms. The minimum absolute atomic E-state index is 0.250. The second-order valence-corrected chi connectivity index (χ2v) is 5.47. The summed E-state index contributed by atoms with van der Waals surface area (Å²) in [5.41, 5.74) is 12.9. The molecule has 0 atom stereocenters. The number of fused-ring (bicyclic) bond motifs is 1. The number of benzene rings is 3. The Balaban J connectivity index is 2.16. The molecule has 0 saturated carbocycles. The molecule has 0 aliphatic carbocycles. The molecule has 3 aromatic carbocycles. The van der Waals surface area contributed by atoms with Crippen LogP contribution in [0.3, 0.4) is 0 Å². The predicted molar refractivity (Wildman–Crippen MR) is 94.5 cm³/mol. The topological polar surface area (TPSA) is 81.5 Å². The molecular formula is C18H14ClN3O. The maximum absolute atomic E-state index is 11.9. The molecule has 4 N–H and O–H groups in total. The lowest BCUT2D eigenvalue weighted by atomic mass is 9.97. The molecule has 0 aromatic heterocycles. The summed E-state index contributed by atoms with van der Waals surface area (Å²) in [5, 5.41) is 2.60. The molecule has 0 fully saturated rings. The van der Waals surface area contributed by atoms with Crippen LogP contribution < -0.4 is 11.5 Å². The quantitative estimate of drug-likeness (QED) is 0.558. The van der Waals surface area contributed by atoms with Crippen molar-refractivity contribution in [2.75, 3.05) is 0 Å². The number of aliphatic imine (C=N–C) groups is 1. The van der Waals surface area contributed by atoms with Gasteiger partial charge >= 0.3 is 0 Å². The molecule has 0 saturated heterocycles. The Kier molecular flexibility index (Phi) is 4.00. The van der Waals surface area contributed by atoms with E-state index in [0.29, 0.717) is 10.6 Å². The molecule has 3 rings (SSSR count). The average Bonchev–Trinajstić information content (AvgIpc) is 2.53. The fraction of sp³-hybridized carbons (Fsp3) is 0. The first kappa shape index (κ1) is 15.1. The Hall–Kier alpha value is -2.85. The summed E-state index contributed by atoms with van der Waals surface area (Å²) in [7, 11) is 0. The lowest BCUT2D eigenvalue weighted by Crippen LogP contribution is -2.24. The van der Waals surface area contributed by atoms with Crippen molar-refractivity contribution < 1.29 is 4.79 Å². The van der Waals surface area contributed by atoms with Crippen molar-refractivity contribution in [2.24, 2.45) is 16.5 Å². The fourth-order valence-corrected chi connectivity index (χ4v) is 2.75. The highest BCUT2D eigenvalue weighted by Gasteiger charge is 2.10. The zero-order valence-corrected chi connectivity index (χ0v) is 12.9. The van der Waals surface area contributed by atoms with Gasteiger partial charge in [-0.05, 0) is 34.5 Å². The van der Waals surface area contributed by atoms with Crippen LogP contribution in [0.1, 0.15) is 10.4 Å². The van der Waals surface area contributed by atoms with E-state index in [9.17, 15) is 4.79 Å². The van der Waals surface area contributed by atoms with Gasteiger partial charge in [-0.15, -0.1) is 0 Å². The third-order valence-electron chi connectivity index (χ3n) is 3.52. The van der Waals surface area contributed by atoms with E-state index in [1.807, 2.05) is 48.5 Å². The third-order valence-corrected chi connectivity index (χ3v) is 3.85. The minimum Gasteiger partial charge on any atom is -0.370 e.